The van der Waals surface area contributed by atoms with Crippen LogP contribution >= 0.6 is 0 Å². The molecule has 11 N–H and O–H groups in total. The molecule has 6 rings (SSSR count). The highest BCUT2D eigenvalue weighted by atomic mass is 16.2. The van der Waals surface area contributed by atoms with E-state index in [1.54, 1.807) is 6.20 Å². The zero-order chi connectivity index (χ0) is 51.7. The van der Waals surface area contributed by atoms with Crippen molar-refractivity contribution in [3.8, 4) is 0 Å². The monoisotopic (exact) mass is 988 g/mol. The quantitative estimate of drug-likeness (QED) is 0.0792. The minimum absolute atomic E-state index is 0.00503. The molecule has 2 aromatic heterocycles. The summed E-state index contributed by atoms with van der Waals surface area (Å²) in [6.07, 6.45) is 5.91. The summed E-state index contributed by atoms with van der Waals surface area (Å²) in [6, 6.07) is 12.8. The zero-order valence-corrected chi connectivity index (χ0v) is 40.7. The van der Waals surface area contributed by atoms with E-state index in [9.17, 15) is 43.2 Å². The molecule has 3 aromatic carbocycles. The van der Waals surface area contributed by atoms with Gasteiger partial charge >= 0.3 is 0 Å². The summed E-state index contributed by atoms with van der Waals surface area (Å²) in [5.74, 6) is -6.54. The maximum atomic E-state index is 14.6. The smallest absolute Gasteiger partial charge is 0.245 e. The van der Waals surface area contributed by atoms with E-state index >= 15 is 0 Å². The normalized spacial score (nSPS) is 20.9. The molecule has 21 heteroatoms. The number of aromatic nitrogens is 3. The van der Waals surface area contributed by atoms with Gasteiger partial charge in [0.2, 0.25) is 53.2 Å². The summed E-state index contributed by atoms with van der Waals surface area (Å²) < 4.78 is 0. The first kappa shape index (κ1) is 53.3. The second kappa shape index (κ2) is 25.7. The maximum Gasteiger partial charge on any atom is 0.245 e. The number of carbonyl (C=O) groups excluding carboxylic acids is 9. The summed E-state index contributed by atoms with van der Waals surface area (Å²) in [5, 5.41) is 21.5. The molecule has 72 heavy (non-hydrogen) atoms. The Morgan fingerprint density at radius 2 is 1.53 bits per heavy atom. The van der Waals surface area contributed by atoms with Crippen LogP contribution in [-0.4, -0.2) is 129 Å². The molecule has 1 aliphatic heterocycles. The highest BCUT2D eigenvalue weighted by molar-refractivity contribution is 5.98. The van der Waals surface area contributed by atoms with Crippen molar-refractivity contribution in [2.45, 2.75) is 114 Å². The predicted octanol–water partition coefficient (Wildman–Crippen LogP) is 0.825. The van der Waals surface area contributed by atoms with Crippen LogP contribution in [-0.2, 0) is 62.4 Å². The highest BCUT2D eigenvalue weighted by Crippen LogP contribution is 2.21. The average molecular weight is 989 g/mol. The van der Waals surface area contributed by atoms with Gasteiger partial charge in [-0.2, -0.15) is 0 Å². The molecule has 0 aliphatic carbocycles. The Morgan fingerprint density at radius 1 is 0.806 bits per heavy atom. The van der Waals surface area contributed by atoms with Crippen molar-refractivity contribution < 1.29 is 43.2 Å². The van der Waals surface area contributed by atoms with Gasteiger partial charge in [-0.3, -0.25) is 43.2 Å². The van der Waals surface area contributed by atoms with E-state index in [1.807, 2.05) is 73.7 Å². The molecule has 0 spiro atoms. The van der Waals surface area contributed by atoms with Crippen molar-refractivity contribution >= 4 is 74.8 Å². The highest BCUT2D eigenvalue weighted by Gasteiger charge is 2.35. The standard InChI is InChI=1S/C51H64N12O9/c1-4-5-15-39(57-30(2)64)47(68)61-42-25-44(65)54-20-11-10-17-38(46(52)67)59-48(69)40(23-34-26-55-37-16-9-8-14-36(34)37)58-45(66)28-63(3)51(72)43(22-31-18-19-32-12-6-7-13-33(32)21-31)62-49(70)41(60-50(42)71)24-35-27-53-29-56-35/h6-9,12-14,16,18-19,21,26-27,29,38-43,55H,4-5,10-11,15,17,20,22-25,28H2,1-3H3,(H2,52,67)(H,53,56)(H,54,65)(H,57,64)(H,58,66)(H,59,69)(H,60,71)(H,61,68)(H,62,70)/t38-,39-,40-,41-,42-,43+/m0/s1. The van der Waals surface area contributed by atoms with Gasteiger partial charge in [0.05, 0.1) is 19.3 Å². The molecule has 3 heterocycles. The fourth-order valence-electron chi connectivity index (χ4n) is 8.62. The van der Waals surface area contributed by atoms with Crippen LogP contribution in [0.5, 0.6) is 0 Å². The fraction of sp³-hybridized carbons (Fsp3) is 0.412. The Bertz CT molecular complexity index is 2740. The molecule has 5 aromatic rings. The number of nitrogens with two attached hydrogens (primary N) is 1. The molecule has 0 unspecified atom stereocenters. The molecule has 382 valence electrons. The zero-order valence-electron chi connectivity index (χ0n) is 40.7. The summed E-state index contributed by atoms with van der Waals surface area (Å²) in [5.41, 5.74) is 8.33. The van der Waals surface area contributed by atoms with E-state index in [1.165, 1.54) is 26.5 Å². The number of unbranched alkanes of at least 4 members (excludes halogenated alkanes) is 1. The number of hydrogen-bond donors (Lipinski definition) is 10. The lowest BCUT2D eigenvalue weighted by Gasteiger charge is -2.28. The molecule has 0 radical (unpaired) electrons. The molecule has 21 nitrogen and oxygen atoms in total. The molecule has 1 fully saturated rings. The van der Waals surface area contributed by atoms with E-state index in [4.69, 9.17) is 5.73 Å². The Balaban J connectivity index is 1.35. The van der Waals surface area contributed by atoms with Crippen molar-refractivity contribution in [1.29, 1.82) is 0 Å². The molecule has 0 bridgehead atoms. The molecule has 0 saturated carbocycles. The lowest BCUT2D eigenvalue weighted by molar-refractivity contribution is -0.139. The van der Waals surface area contributed by atoms with E-state index in [0.717, 1.165) is 26.6 Å². The molecule has 9 amide bonds. The summed E-state index contributed by atoms with van der Waals surface area (Å²) in [6.45, 7) is 2.67. The summed E-state index contributed by atoms with van der Waals surface area (Å²) >= 11 is 0. The first-order valence-corrected chi connectivity index (χ1v) is 24.2. The van der Waals surface area contributed by atoms with Gasteiger partial charge in [0.25, 0.3) is 0 Å². The average Bonchev–Trinajstić information content (AvgIpc) is 4.03. The van der Waals surface area contributed by atoms with Gasteiger partial charge in [-0.25, -0.2) is 4.98 Å². The van der Waals surface area contributed by atoms with Crippen molar-refractivity contribution in [1.82, 2.24) is 57.1 Å². The van der Waals surface area contributed by atoms with E-state index in [0.29, 0.717) is 42.5 Å². The Kier molecular flexibility index (Phi) is 19.0. The molecule has 6 atom stereocenters. The lowest BCUT2D eigenvalue weighted by Crippen LogP contribution is -2.60. The van der Waals surface area contributed by atoms with Gasteiger partial charge < -0.3 is 57.8 Å². The van der Waals surface area contributed by atoms with E-state index < -0.39 is 102 Å². The van der Waals surface area contributed by atoms with Crippen LogP contribution in [0, 0.1) is 0 Å². The summed E-state index contributed by atoms with van der Waals surface area (Å²) in [4.78, 5) is 135. The van der Waals surface area contributed by atoms with Crippen LogP contribution < -0.4 is 43.0 Å². The minimum atomic E-state index is -1.56. The van der Waals surface area contributed by atoms with Crippen molar-refractivity contribution in [3.63, 3.8) is 0 Å². The van der Waals surface area contributed by atoms with Crippen LogP contribution in [0.1, 0.15) is 75.6 Å². The number of carbonyl (C=O) groups is 9. The largest absolute Gasteiger partial charge is 0.368 e. The second-order valence-electron chi connectivity index (χ2n) is 18.1. The number of nitrogens with one attached hydrogen (secondary N) is 9. The van der Waals surface area contributed by atoms with Crippen LogP contribution in [0.15, 0.2) is 85.5 Å². The number of primary amides is 1. The summed E-state index contributed by atoms with van der Waals surface area (Å²) in [7, 11) is 1.37. The van der Waals surface area contributed by atoms with Crippen LogP contribution in [0.3, 0.4) is 0 Å². The first-order valence-electron chi connectivity index (χ1n) is 24.2. The number of likely N-dealkylation sites (N-methyl/N-ethyl adjacent to an activating group) is 1. The minimum Gasteiger partial charge on any atom is -0.368 e. The second-order valence-corrected chi connectivity index (χ2v) is 18.1. The van der Waals surface area contributed by atoms with E-state index in [2.05, 4.69) is 52.2 Å². The first-order chi connectivity index (χ1) is 34.6. The Morgan fingerprint density at radius 3 is 2.26 bits per heavy atom. The number of nitrogens with zero attached hydrogens (tertiary/aromatic N) is 2. The van der Waals surface area contributed by atoms with Crippen LogP contribution in [0.25, 0.3) is 21.7 Å². The fourth-order valence-corrected chi connectivity index (χ4v) is 8.62. The van der Waals surface area contributed by atoms with Gasteiger partial charge in [-0.1, -0.05) is 80.4 Å². The van der Waals surface area contributed by atoms with Crippen molar-refractivity contribution in [2.24, 2.45) is 5.73 Å². The van der Waals surface area contributed by atoms with Gasteiger partial charge in [0.15, 0.2) is 0 Å². The van der Waals surface area contributed by atoms with Gasteiger partial charge in [0.1, 0.15) is 36.3 Å². The number of aromatic amines is 2. The van der Waals surface area contributed by atoms with E-state index in [-0.39, 0.29) is 38.6 Å². The maximum absolute atomic E-state index is 14.6. The Labute approximate surface area is 416 Å². The Hall–Kier alpha value is -8.10. The topological polar surface area (TPSA) is 312 Å². The third kappa shape index (κ3) is 15.2. The SMILES string of the molecule is CCCC[C@H](NC(C)=O)C(=O)N[C@H]1CC(=O)NCCCC[C@@H](C(N)=O)NC(=O)[C@H](Cc2c[nH]c3ccccc23)NC(=O)CN(C)C(=O)[C@@H](Cc2ccc3ccccc3c2)NC(=O)[C@H](Cc2cnc[nH]2)NC1=O. The van der Waals surface area contributed by atoms with Crippen LogP contribution in [0.2, 0.25) is 0 Å². The van der Waals surface area contributed by atoms with Crippen molar-refractivity contribution in [3.05, 3.63) is 102 Å². The number of para-hydroxylation sites is 1. The molecule has 1 saturated heterocycles. The van der Waals surface area contributed by atoms with Gasteiger partial charge in [-0.05, 0) is 53.6 Å². The third-order valence-electron chi connectivity index (χ3n) is 12.5. The third-order valence-corrected chi connectivity index (χ3v) is 12.5. The molecular weight excluding hydrogens is 925 g/mol. The number of benzene rings is 3. The number of hydrogen-bond acceptors (Lipinski definition) is 10. The number of imidazole rings is 1. The van der Waals surface area contributed by atoms with Crippen LogP contribution in [0.4, 0.5) is 0 Å². The lowest BCUT2D eigenvalue weighted by atomic mass is 10.00. The number of H-pyrrole nitrogens is 2. The predicted molar refractivity (Wildman–Crippen MR) is 267 cm³/mol. The number of rotatable bonds is 13. The van der Waals surface area contributed by atoms with Crippen molar-refractivity contribution in [2.75, 3.05) is 20.1 Å². The van der Waals surface area contributed by atoms with Gasteiger partial charge in [-0.15, -0.1) is 0 Å². The van der Waals surface area contributed by atoms with Gasteiger partial charge in [0, 0.05) is 68.8 Å². The molecule has 1 aliphatic rings. The number of fused-ring (bicyclic) bond motifs is 2. The molecular formula is C51H64N12O9. The number of amides is 9.